The van der Waals surface area contributed by atoms with Crippen molar-refractivity contribution in [2.75, 3.05) is 11.9 Å². The molecule has 1 heterocycles. The Morgan fingerprint density at radius 1 is 1.43 bits per heavy atom. The number of tetrazole rings is 1. The molecule has 0 unspecified atom stereocenters. The van der Waals surface area contributed by atoms with Crippen LogP contribution in [0.1, 0.15) is 12.8 Å². The van der Waals surface area contributed by atoms with Gasteiger partial charge in [0.2, 0.25) is 5.95 Å². The van der Waals surface area contributed by atoms with Gasteiger partial charge in [-0.05, 0) is 16.8 Å². The van der Waals surface area contributed by atoms with Crippen LogP contribution in [0.2, 0.25) is 0 Å². The molecule has 0 aliphatic heterocycles. The third-order valence-corrected chi connectivity index (χ3v) is 1.54. The molecule has 14 heavy (non-hydrogen) atoms. The predicted molar refractivity (Wildman–Crippen MR) is 42.6 cm³/mol. The highest BCUT2D eigenvalue weighted by atomic mass is 19.4. The van der Waals surface area contributed by atoms with Gasteiger partial charge in [-0.1, -0.05) is 5.10 Å². The highest BCUT2D eigenvalue weighted by molar-refractivity contribution is 5.20. The minimum Gasteiger partial charge on any atom is -0.353 e. The maximum Gasteiger partial charge on any atom is 0.389 e. The zero-order valence-electron chi connectivity index (χ0n) is 7.54. The Labute approximate surface area is 78.3 Å². The maximum absolute atomic E-state index is 11.7. The summed E-state index contributed by atoms with van der Waals surface area (Å²) in [4.78, 5) is 0. The zero-order chi connectivity index (χ0) is 10.6. The van der Waals surface area contributed by atoms with E-state index in [4.69, 9.17) is 0 Å². The summed E-state index contributed by atoms with van der Waals surface area (Å²) in [6.07, 6.45) is -4.89. The van der Waals surface area contributed by atoms with Gasteiger partial charge in [-0.25, -0.2) is 4.68 Å². The minimum absolute atomic E-state index is 0.0103. The lowest BCUT2D eigenvalue weighted by Gasteiger charge is -2.06. The second-order valence-electron chi connectivity index (χ2n) is 2.77. The molecule has 1 aromatic heterocycles. The van der Waals surface area contributed by atoms with Crippen LogP contribution in [0.3, 0.4) is 0 Å². The van der Waals surface area contributed by atoms with E-state index in [-0.39, 0.29) is 13.0 Å². The Balaban J connectivity index is 2.20. The molecule has 0 saturated heterocycles. The van der Waals surface area contributed by atoms with Gasteiger partial charge >= 0.3 is 6.18 Å². The van der Waals surface area contributed by atoms with Gasteiger partial charge in [0.05, 0.1) is 0 Å². The largest absolute Gasteiger partial charge is 0.389 e. The Hall–Kier alpha value is -1.34. The first kappa shape index (κ1) is 10.7. The van der Waals surface area contributed by atoms with Crippen molar-refractivity contribution in [3.63, 3.8) is 0 Å². The molecular formula is C6H10F3N5. The van der Waals surface area contributed by atoms with Gasteiger partial charge in [0.15, 0.2) is 0 Å². The molecule has 0 spiro atoms. The lowest BCUT2D eigenvalue weighted by Crippen LogP contribution is -2.12. The number of alkyl halides is 3. The number of halogens is 3. The number of rotatable bonds is 4. The van der Waals surface area contributed by atoms with Crippen LogP contribution < -0.4 is 5.32 Å². The summed E-state index contributed by atoms with van der Waals surface area (Å²) in [6.45, 7) is 0.202. The van der Waals surface area contributed by atoms with Crippen LogP contribution in [0.4, 0.5) is 19.1 Å². The fourth-order valence-corrected chi connectivity index (χ4v) is 0.868. The highest BCUT2D eigenvalue weighted by Gasteiger charge is 2.25. The number of anilines is 1. The Bertz CT molecular complexity index is 281. The SMILES string of the molecule is Cn1nnnc1NCCCC(F)(F)F. The van der Waals surface area contributed by atoms with Crippen LogP contribution in [-0.2, 0) is 7.05 Å². The van der Waals surface area contributed by atoms with Gasteiger partial charge in [0, 0.05) is 20.0 Å². The van der Waals surface area contributed by atoms with Crippen LogP contribution in [-0.4, -0.2) is 32.9 Å². The van der Waals surface area contributed by atoms with Crippen LogP contribution in [0.5, 0.6) is 0 Å². The Kier molecular flexibility index (Phi) is 3.26. The van der Waals surface area contributed by atoms with E-state index in [0.29, 0.717) is 5.95 Å². The van der Waals surface area contributed by atoms with E-state index < -0.39 is 12.6 Å². The highest BCUT2D eigenvalue weighted by Crippen LogP contribution is 2.20. The topological polar surface area (TPSA) is 55.6 Å². The van der Waals surface area contributed by atoms with Crippen molar-refractivity contribution in [2.24, 2.45) is 7.05 Å². The molecule has 0 radical (unpaired) electrons. The molecule has 1 aromatic rings. The molecular weight excluding hydrogens is 199 g/mol. The lowest BCUT2D eigenvalue weighted by atomic mass is 10.3. The predicted octanol–water partition coefficient (Wildman–Crippen LogP) is 0.964. The van der Waals surface area contributed by atoms with E-state index in [1.807, 2.05) is 0 Å². The van der Waals surface area contributed by atoms with Crippen molar-refractivity contribution in [1.29, 1.82) is 0 Å². The quantitative estimate of drug-likeness (QED) is 0.750. The number of hydrogen-bond donors (Lipinski definition) is 1. The molecule has 80 valence electrons. The van der Waals surface area contributed by atoms with E-state index in [1.165, 1.54) is 4.68 Å². The molecule has 1 N–H and O–H groups in total. The number of hydrogen-bond acceptors (Lipinski definition) is 4. The first-order valence-electron chi connectivity index (χ1n) is 4.02. The van der Waals surface area contributed by atoms with Crippen molar-refractivity contribution in [3.05, 3.63) is 0 Å². The molecule has 0 aliphatic carbocycles. The maximum atomic E-state index is 11.7. The number of aromatic nitrogens is 4. The molecule has 8 heteroatoms. The smallest absolute Gasteiger partial charge is 0.353 e. The van der Waals surface area contributed by atoms with E-state index in [9.17, 15) is 13.2 Å². The van der Waals surface area contributed by atoms with Gasteiger partial charge < -0.3 is 5.32 Å². The van der Waals surface area contributed by atoms with Crippen LogP contribution >= 0.6 is 0 Å². The van der Waals surface area contributed by atoms with Crippen LogP contribution in [0.25, 0.3) is 0 Å². The summed E-state index contributed by atoms with van der Waals surface area (Å²) >= 11 is 0. The lowest BCUT2D eigenvalue weighted by molar-refractivity contribution is -0.134. The molecule has 0 bridgehead atoms. The average Bonchev–Trinajstić information content (AvgIpc) is 2.44. The molecule has 0 atom stereocenters. The van der Waals surface area contributed by atoms with Crippen LogP contribution in [0.15, 0.2) is 0 Å². The average molecular weight is 209 g/mol. The Morgan fingerprint density at radius 3 is 2.64 bits per heavy atom. The first-order valence-corrected chi connectivity index (χ1v) is 4.02. The third-order valence-electron chi connectivity index (χ3n) is 1.54. The number of nitrogens with one attached hydrogen (secondary N) is 1. The standard InChI is InChI=1S/C6H10F3N5/c1-14-5(11-12-13-14)10-4-2-3-6(7,8)9/h2-4H2,1H3,(H,10,11,13). The summed E-state index contributed by atoms with van der Waals surface area (Å²) in [7, 11) is 1.60. The van der Waals surface area contributed by atoms with Gasteiger partial charge in [0.25, 0.3) is 0 Å². The van der Waals surface area contributed by atoms with Gasteiger partial charge in [-0.3, -0.25) is 0 Å². The molecule has 0 amide bonds. The van der Waals surface area contributed by atoms with Crippen LogP contribution in [0, 0.1) is 0 Å². The number of nitrogens with zero attached hydrogens (tertiary/aromatic N) is 4. The van der Waals surface area contributed by atoms with Crippen molar-refractivity contribution in [2.45, 2.75) is 19.0 Å². The molecule has 0 aliphatic rings. The van der Waals surface area contributed by atoms with E-state index in [0.717, 1.165) is 0 Å². The summed E-state index contributed by atoms with van der Waals surface area (Å²) < 4.78 is 36.5. The van der Waals surface area contributed by atoms with Crippen molar-refractivity contribution < 1.29 is 13.2 Å². The summed E-state index contributed by atoms with van der Waals surface area (Å²) in [6, 6.07) is 0. The summed E-state index contributed by atoms with van der Waals surface area (Å²) in [5.74, 6) is 0.368. The number of aryl methyl sites for hydroxylation is 1. The molecule has 0 aromatic carbocycles. The molecule has 0 fully saturated rings. The zero-order valence-corrected chi connectivity index (χ0v) is 7.54. The normalized spacial score (nSPS) is 11.7. The molecule has 1 rings (SSSR count). The fourth-order valence-electron chi connectivity index (χ4n) is 0.868. The molecule has 5 nitrogen and oxygen atoms in total. The second kappa shape index (κ2) is 4.25. The minimum atomic E-state index is -4.10. The van der Waals surface area contributed by atoms with Crippen molar-refractivity contribution in [3.8, 4) is 0 Å². The van der Waals surface area contributed by atoms with Gasteiger partial charge in [-0.2, -0.15) is 13.2 Å². The third kappa shape index (κ3) is 3.58. The Morgan fingerprint density at radius 2 is 2.14 bits per heavy atom. The van der Waals surface area contributed by atoms with Crippen molar-refractivity contribution in [1.82, 2.24) is 20.2 Å². The monoisotopic (exact) mass is 209 g/mol. The van der Waals surface area contributed by atoms with Gasteiger partial charge in [0.1, 0.15) is 0 Å². The van der Waals surface area contributed by atoms with E-state index in [1.54, 1.807) is 7.05 Å². The second-order valence-corrected chi connectivity index (χ2v) is 2.77. The van der Waals surface area contributed by atoms with Gasteiger partial charge in [-0.15, -0.1) is 0 Å². The van der Waals surface area contributed by atoms with E-state index in [2.05, 4.69) is 20.8 Å². The van der Waals surface area contributed by atoms with E-state index >= 15 is 0 Å². The summed E-state index contributed by atoms with van der Waals surface area (Å²) in [5.41, 5.74) is 0. The fraction of sp³-hybridized carbons (Fsp3) is 0.833. The summed E-state index contributed by atoms with van der Waals surface area (Å²) in [5, 5.41) is 13.1. The first-order chi connectivity index (χ1) is 6.49. The molecule has 0 saturated carbocycles. The van der Waals surface area contributed by atoms with Crippen molar-refractivity contribution >= 4 is 5.95 Å².